The maximum absolute atomic E-state index is 4.50. The summed E-state index contributed by atoms with van der Waals surface area (Å²) in [6.45, 7) is 0.627. The van der Waals surface area contributed by atoms with E-state index in [9.17, 15) is 0 Å². The van der Waals surface area contributed by atoms with Gasteiger partial charge < -0.3 is 0 Å². The summed E-state index contributed by atoms with van der Waals surface area (Å²) >= 11 is 0. The number of fused-ring (bicyclic) bond motifs is 2. The van der Waals surface area contributed by atoms with Crippen LogP contribution >= 0.6 is 0 Å². The molecule has 4 heteroatoms. The second-order valence-corrected chi connectivity index (χ2v) is 4.71. The second-order valence-electron chi connectivity index (χ2n) is 4.71. The third-order valence-electron chi connectivity index (χ3n) is 3.48. The van der Waals surface area contributed by atoms with Gasteiger partial charge in [0.1, 0.15) is 5.52 Å². The first-order chi connectivity index (χ1) is 9.92. The molecule has 20 heavy (non-hydrogen) atoms. The highest BCUT2D eigenvalue weighted by Crippen LogP contribution is 2.18. The molecule has 0 aliphatic carbocycles. The summed E-state index contributed by atoms with van der Waals surface area (Å²) in [5, 5.41) is 10.8. The SMILES string of the molecule is c1ccc2c(Cn3nnc4ccccc43)nccc2c1. The number of hydrogen-bond acceptors (Lipinski definition) is 3. The molecule has 2 aromatic heterocycles. The molecule has 4 aromatic rings. The fraction of sp³-hybridized carbons (Fsp3) is 0.0625. The molecule has 0 aliphatic heterocycles. The lowest BCUT2D eigenvalue weighted by atomic mass is 10.1. The quantitative estimate of drug-likeness (QED) is 0.556. The molecule has 2 heterocycles. The Hall–Kier alpha value is -2.75. The summed E-state index contributed by atoms with van der Waals surface area (Å²) in [6, 6.07) is 18.3. The Morgan fingerprint density at radius 3 is 2.75 bits per heavy atom. The minimum absolute atomic E-state index is 0.627. The van der Waals surface area contributed by atoms with Gasteiger partial charge in [-0.05, 0) is 23.6 Å². The van der Waals surface area contributed by atoms with Crippen molar-refractivity contribution < 1.29 is 0 Å². The minimum atomic E-state index is 0.627. The molecule has 0 atom stereocenters. The van der Waals surface area contributed by atoms with Gasteiger partial charge in [0, 0.05) is 11.6 Å². The maximum Gasteiger partial charge on any atom is 0.113 e. The predicted molar refractivity (Wildman–Crippen MR) is 78.4 cm³/mol. The Balaban J connectivity index is 1.85. The van der Waals surface area contributed by atoms with E-state index in [0.717, 1.165) is 22.1 Å². The second kappa shape index (κ2) is 4.42. The Morgan fingerprint density at radius 1 is 0.900 bits per heavy atom. The molecular formula is C16H12N4. The Labute approximate surface area is 115 Å². The normalized spacial score (nSPS) is 11.2. The van der Waals surface area contributed by atoms with Crippen molar-refractivity contribution in [1.82, 2.24) is 20.0 Å². The Morgan fingerprint density at radius 2 is 1.75 bits per heavy atom. The van der Waals surface area contributed by atoms with E-state index < -0.39 is 0 Å². The average Bonchev–Trinajstić information content (AvgIpc) is 2.91. The van der Waals surface area contributed by atoms with Gasteiger partial charge in [0.2, 0.25) is 0 Å². The molecule has 2 aromatic carbocycles. The smallest absolute Gasteiger partial charge is 0.113 e. The van der Waals surface area contributed by atoms with Crippen LogP contribution in [0.3, 0.4) is 0 Å². The van der Waals surface area contributed by atoms with Crippen LogP contribution in [0.5, 0.6) is 0 Å². The molecule has 0 bridgehead atoms. The molecule has 96 valence electrons. The van der Waals surface area contributed by atoms with Gasteiger partial charge in [-0.3, -0.25) is 4.98 Å². The van der Waals surface area contributed by atoms with Crippen LogP contribution in [0.4, 0.5) is 0 Å². The highest BCUT2D eigenvalue weighted by atomic mass is 15.4. The first kappa shape index (κ1) is 11.1. The number of aromatic nitrogens is 4. The van der Waals surface area contributed by atoms with E-state index in [1.807, 2.05) is 53.3 Å². The molecule has 4 rings (SSSR count). The van der Waals surface area contributed by atoms with E-state index in [4.69, 9.17) is 0 Å². The van der Waals surface area contributed by atoms with Crippen LogP contribution < -0.4 is 0 Å². The average molecular weight is 260 g/mol. The van der Waals surface area contributed by atoms with E-state index in [-0.39, 0.29) is 0 Å². The number of benzene rings is 2. The van der Waals surface area contributed by atoms with Gasteiger partial charge in [-0.2, -0.15) is 0 Å². The molecule has 0 fully saturated rings. The van der Waals surface area contributed by atoms with Crippen LogP contribution in [0, 0.1) is 0 Å². The molecule has 0 unspecified atom stereocenters. The lowest BCUT2D eigenvalue weighted by molar-refractivity contribution is 0.661. The standard InChI is InChI=1S/C16H12N4/c1-2-6-13-12(5-1)9-10-17-15(13)11-20-16-8-4-3-7-14(16)18-19-20/h1-10H,11H2. The summed E-state index contributed by atoms with van der Waals surface area (Å²) in [7, 11) is 0. The zero-order valence-electron chi connectivity index (χ0n) is 10.8. The first-order valence-electron chi connectivity index (χ1n) is 6.53. The van der Waals surface area contributed by atoms with Gasteiger partial charge >= 0.3 is 0 Å². The van der Waals surface area contributed by atoms with Crippen LogP contribution in [0.15, 0.2) is 60.8 Å². The van der Waals surface area contributed by atoms with Crippen molar-refractivity contribution in [2.24, 2.45) is 0 Å². The van der Waals surface area contributed by atoms with Gasteiger partial charge in [-0.15, -0.1) is 5.10 Å². The van der Waals surface area contributed by atoms with E-state index >= 15 is 0 Å². The van der Waals surface area contributed by atoms with Crippen LogP contribution in [0.2, 0.25) is 0 Å². The highest BCUT2D eigenvalue weighted by Gasteiger charge is 2.07. The van der Waals surface area contributed by atoms with Crippen LogP contribution in [-0.4, -0.2) is 20.0 Å². The number of hydrogen-bond donors (Lipinski definition) is 0. The van der Waals surface area contributed by atoms with Crippen LogP contribution in [0.25, 0.3) is 21.8 Å². The summed E-state index contributed by atoms with van der Waals surface area (Å²) in [5.41, 5.74) is 2.95. The van der Waals surface area contributed by atoms with Crippen molar-refractivity contribution in [2.45, 2.75) is 6.54 Å². The first-order valence-corrected chi connectivity index (χ1v) is 6.53. The van der Waals surface area contributed by atoms with E-state index in [1.54, 1.807) is 0 Å². The van der Waals surface area contributed by atoms with Crippen LogP contribution in [-0.2, 0) is 6.54 Å². The molecule has 0 N–H and O–H groups in total. The van der Waals surface area contributed by atoms with Gasteiger partial charge in [-0.25, -0.2) is 4.68 Å². The number of nitrogens with zero attached hydrogens (tertiary/aromatic N) is 4. The van der Waals surface area contributed by atoms with E-state index in [0.29, 0.717) is 6.54 Å². The number of rotatable bonds is 2. The van der Waals surface area contributed by atoms with E-state index in [2.05, 4.69) is 27.4 Å². The van der Waals surface area contributed by atoms with E-state index in [1.165, 1.54) is 5.39 Å². The van der Waals surface area contributed by atoms with Gasteiger partial charge in [0.15, 0.2) is 0 Å². The molecule has 4 nitrogen and oxygen atoms in total. The maximum atomic E-state index is 4.50. The van der Waals surface area contributed by atoms with Gasteiger partial charge in [0.25, 0.3) is 0 Å². The Kier molecular flexibility index (Phi) is 2.45. The molecule has 0 amide bonds. The summed E-state index contributed by atoms with van der Waals surface area (Å²) in [6.07, 6.45) is 1.84. The number of para-hydroxylation sites is 1. The lowest BCUT2D eigenvalue weighted by Gasteiger charge is -2.06. The van der Waals surface area contributed by atoms with Crippen molar-refractivity contribution in [3.8, 4) is 0 Å². The molecule has 0 aliphatic rings. The molecular weight excluding hydrogens is 248 g/mol. The summed E-state index contributed by atoms with van der Waals surface area (Å²) < 4.78 is 1.89. The molecule has 0 radical (unpaired) electrons. The largest absolute Gasteiger partial charge is 0.259 e. The minimum Gasteiger partial charge on any atom is -0.259 e. The summed E-state index contributed by atoms with van der Waals surface area (Å²) in [4.78, 5) is 4.50. The van der Waals surface area contributed by atoms with Crippen molar-refractivity contribution in [3.63, 3.8) is 0 Å². The van der Waals surface area contributed by atoms with Crippen LogP contribution in [0.1, 0.15) is 5.69 Å². The highest BCUT2D eigenvalue weighted by molar-refractivity contribution is 5.84. The monoisotopic (exact) mass is 260 g/mol. The third kappa shape index (κ3) is 1.73. The zero-order valence-corrected chi connectivity index (χ0v) is 10.8. The van der Waals surface area contributed by atoms with Gasteiger partial charge in [-0.1, -0.05) is 41.6 Å². The van der Waals surface area contributed by atoms with Gasteiger partial charge in [0.05, 0.1) is 17.8 Å². The fourth-order valence-electron chi connectivity index (χ4n) is 2.48. The molecule has 0 saturated heterocycles. The zero-order chi connectivity index (χ0) is 13.4. The lowest BCUT2D eigenvalue weighted by Crippen LogP contribution is -2.04. The molecule has 0 spiro atoms. The van der Waals surface area contributed by atoms with Crippen molar-refractivity contribution in [1.29, 1.82) is 0 Å². The summed E-state index contributed by atoms with van der Waals surface area (Å²) in [5.74, 6) is 0. The number of pyridine rings is 1. The Bertz CT molecular complexity index is 890. The van der Waals surface area contributed by atoms with Crippen molar-refractivity contribution in [2.75, 3.05) is 0 Å². The topological polar surface area (TPSA) is 43.6 Å². The van der Waals surface area contributed by atoms with Crippen molar-refractivity contribution in [3.05, 3.63) is 66.5 Å². The third-order valence-corrected chi connectivity index (χ3v) is 3.48. The predicted octanol–water partition coefficient (Wildman–Crippen LogP) is 3.03. The fourth-order valence-corrected chi connectivity index (χ4v) is 2.48. The molecule has 0 saturated carbocycles. The van der Waals surface area contributed by atoms with Crippen molar-refractivity contribution >= 4 is 21.8 Å².